The second kappa shape index (κ2) is 7.27. The van der Waals surface area contributed by atoms with Crippen LogP contribution < -0.4 is 10.6 Å². The number of amides is 2. The van der Waals surface area contributed by atoms with Gasteiger partial charge in [0, 0.05) is 19.5 Å². The molecular weight excluding hydrogens is 218 g/mol. The van der Waals surface area contributed by atoms with Crippen molar-refractivity contribution in [1.82, 2.24) is 15.5 Å². The Bertz CT molecular complexity index is 262. The second-order valence-electron chi connectivity index (χ2n) is 4.48. The zero-order chi connectivity index (χ0) is 12.7. The third-order valence-corrected chi connectivity index (χ3v) is 3.02. The standard InChI is InChI=1S/C12H23N3O2/c1-3-8-15(11-4-6-13-7-5-11)12(17)9-14-10(2)16/h11,13H,3-9H2,1-2H3,(H,14,16). The molecule has 1 rings (SSSR count). The maximum atomic E-state index is 12.0. The lowest BCUT2D eigenvalue weighted by molar-refractivity contribution is -0.135. The van der Waals surface area contributed by atoms with E-state index in [4.69, 9.17) is 0 Å². The minimum absolute atomic E-state index is 0.0361. The lowest BCUT2D eigenvalue weighted by Crippen LogP contribution is -2.49. The normalized spacial score (nSPS) is 16.6. The highest BCUT2D eigenvalue weighted by Gasteiger charge is 2.24. The molecule has 0 aromatic heterocycles. The topological polar surface area (TPSA) is 61.4 Å². The molecule has 1 saturated heterocycles. The largest absolute Gasteiger partial charge is 0.347 e. The Labute approximate surface area is 103 Å². The average Bonchev–Trinajstić information content (AvgIpc) is 2.34. The molecule has 5 nitrogen and oxygen atoms in total. The molecule has 0 radical (unpaired) electrons. The first-order valence-electron chi connectivity index (χ1n) is 6.39. The lowest BCUT2D eigenvalue weighted by Gasteiger charge is -2.34. The molecule has 0 aromatic rings. The van der Waals surface area contributed by atoms with Crippen molar-refractivity contribution in [3.05, 3.63) is 0 Å². The van der Waals surface area contributed by atoms with Crippen LogP contribution in [0.4, 0.5) is 0 Å². The number of nitrogens with one attached hydrogen (secondary N) is 2. The average molecular weight is 241 g/mol. The van der Waals surface area contributed by atoms with Crippen LogP contribution in [0.2, 0.25) is 0 Å². The summed E-state index contributed by atoms with van der Waals surface area (Å²) in [5.41, 5.74) is 0. The zero-order valence-electron chi connectivity index (χ0n) is 10.8. The number of nitrogens with zero attached hydrogens (tertiary/aromatic N) is 1. The Hall–Kier alpha value is -1.10. The van der Waals surface area contributed by atoms with Gasteiger partial charge >= 0.3 is 0 Å². The van der Waals surface area contributed by atoms with Crippen molar-refractivity contribution in [2.45, 2.75) is 39.2 Å². The summed E-state index contributed by atoms with van der Waals surface area (Å²) in [6, 6.07) is 0.331. The number of hydrogen-bond acceptors (Lipinski definition) is 3. The minimum atomic E-state index is -0.153. The molecule has 2 N–H and O–H groups in total. The van der Waals surface area contributed by atoms with Crippen molar-refractivity contribution < 1.29 is 9.59 Å². The number of rotatable bonds is 5. The predicted octanol–water partition coefficient (Wildman–Crippen LogP) is 0.113. The molecule has 1 fully saturated rings. The third kappa shape index (κ3) is 4.73. The molecule has 0 saturated carbocycles. The molecular formula is C12H23N3O2. The first kappa shape index (κ1) is 14.0. The first-order valence-corrected chi connectivity index (χ1v) is 6.39. The van der Waals surface area contributed by atoms with Gasteiger partial charge in [0.2, 0.25) is 11.8 Å². The van der Waals surface area contributed by atoms with Gasteiger partial charge in [0.05, 0.1) is 6.54 Å². The molecule has 1 aliphatic rings. The molecule has 0 aromatic carbocycles. The van der Waals surface area contributed by atoms with E-state index in [9.17, 15) is 9.59 Å². The van der Waals surface area contributed by atoms with Crippen LogP contribution >= 0.6 is 0 Å². The summed E-state index contributed by atoms with van der Waals surface area (Å²) in [6.45, 7) is 6.35. The van der Waals surface area contributed by atoms with Gasteiger partial charge in [-0.25, -0.2) is 0 Å². The monoisotopic (exact) mass is 241 g/mol. The van der Waals surface area contributed by atoms with Crippen LogP contribution in [-0.4, -0.2) is 48.9 Å². The van der Waals surface area contributed by atoms with Crippen LogP contribution in [0.1, 0.15) is 33.1 Å². The fourth-order valence-electron chi connectivity index (χ4n) is 2.17. The fourth-order valence-corrected chi connectivity index (χ4v) is 2.17. The van der Waals surface area contributed by atoms with Gasteiger partial charge in [-0.05, 0) is 32.4 Å². The van der Waals surface area contributed by atoms with E-state index in [1.54, 1.807) is 0 Å². The maximum absolute atomic E-state index is 12.0. The minimum Gasteiger partial charge on any atom is -0.347 e. The first-order chi connectivity index (χ1) is 8.15. The fraction of sp³-hybridized carbons (Fsp3) is 0.833. The SMILES string of the molecule is CCCN(C(=O)CNC(C)=O)C1CCNCC1. The zero-order valence-corrected chi connectivity index (χ0v) is 10.8. The highest BCUT2D eigenvalue weighted by atomic mass is 16.2. The van der Waals surface area contributed by atoms with Crippen molar-refractivity contribution >= 4 is 11.8 Å². The molecule has 1 heterocycles. The van der Waals surface area contributed by atoms with Crippen molar-refractivity contribution in [2.75, 3.05) is 26.2 Å². The molecule has 0 aliphatic carbocycles. The smallest absolute Gasteiger partial charge is 0.242 e. The van der Waals surface area contributed by atoms with E-state index in [1.807, 2.05) is 4.90 Å². The lowest BCUT2D eigenvalue weighted by atomic mass is 10.0. The van der Waals surface area contributed by atoms with E-state index < -0.39 is 0 Å². The highest BCUT2D eigenvalue weighted by Crippen LogP contribution is 2.12. The maximum Gasteiger partial charge on any atom is 0.242 e. The second-order valence-corrected chi connectivity index (χ2v) is 4.48. The van der Waals surface area contributed by atoms with E-state index in [0.717, 1.165) is 38.9 Å². The van der Waals surface area contributed by atoms with Gasteiger partial charge in [-0.1, -0.05) is 6.92 Å². The molecule has 0 spiro atoms. The quantitative estimate of drug-likeness (QED) is 0.718. The molecule has 2 amide bonds. The number of carbonyl (C=O) groups excluding carboxylic acids is 2. The summed E-state index contributed by atoms with van der Waals surface area (Å²) in [4.78, 5) is 24.8. The number of hydrogen-bond donors (Lipinski definition) is 2. The molecule has 5 heteroatoms. The van der Waals surface area contributed by atoms with E-state index in [2.05, 4.69) is 17.6 Å². The predicted molar refractivity (Wildman–Crippen MR) is 66.6 cm³/mol. The van der Waals surface area contributed by atoms with Gasteiger partial charge in [0.15, 0.2) is 0 Å². The van der Waals surface area contributed by atoms with Gasteiger partial charge in [-0.15, -0.1) is 0 Å². The Morgan fingerprint density at radius 1 is 1.35 bits per heavy atom. The van der Waals surface area contributed by atoms with Crippen molar-refractivity contribution in [1.29, 1.82) is 0 Å². The van der Waals surface area contributed by atoms with Crippen LogP contribution in [0.15, 0.2) is 0 Å². The third-order valence-electron chi connectivity index (χ3n) is 3.02. The van der Waals surface area contributed by atoms with Gasteiger partial charge < -0.3 is 15.5 Å². The summed E-state index contributed by atoms with van der Waals surface area (Å²) in [5, 5.41) is 5.87. The molecule has 0 atom stereocenters. The summed E-state index contributed by atoms with van der Waals surface area (Å²) < 4.78 is 0. The Morgan fingerprint density at radius 2 is 2.00 bits per heavy atom. The van der Waals surface area contributed by atoms with Crippen LogP contribution in [0.3, 0.4) is 0 Å². The van der Waals surface area contributed by atoms with Crippen LogP contribution in [0.5, 0.6) is 0 Å². The van der Waals surface area contributed by atoms with Crippen LogP contribution in [0, 0.1) is 0 Å². The molecule has 1 aliphatic heterocycles. The van der Waals surface area contributed by atoms with Gasteiger partial charge in [-0.2, -0.15) is 0 Å². The van der Waals surface area contributed by atoms with Gasteiger partial charge in [0.1, 0.15) is 0 Å². The Balaban J connectivity index is 2.50. The van der Waals surface area contributed by atoms with Crippen LogP contribution in [0.25, 0.3) is 0 Å². The Kier molecular flexibility index (Phi) is 5.97. The molecule has 17 heavy (non-hydrogen) atoms. The van der Waals surface area contributed by atoms with Crippen molar-refractivity contribution in [3.8, 4) is 0 Å². The molecule has 0 unspecified atom stereocenters. The summed E-state index contributed by atoms with van der Waals surface area (Å²) >= 11 is 0. The summed E-state index contributed by atoms with van der Waals surface area (Å²) in [5.74, 6) is -0.117. The summed E-state index contributed by atoms with van der Waals surface area (Å²) in [7, 11) is 0. The number of piperidine rings is 1. The summed E-state index contributed by atoms with van der Waals surface area (Å²) in [6.07, 6.45) is 2.97. The van der Waals surface area contributed by atoms with Crippen molar-refractivity contribution in [3.63, 3.8) is 0 Å². The van der Waals surface area contributed by atoms with Crippen LogP contribution in [-0.2, 0) is 9.59 Å². The van der Waals surface area contributed by atoms with E-state index in [-0.39, 0.29) is 18.4 Å². The highest BCUT2D eigenvalue weighted by molar-refractivity contribution is 5.83. The molecule has 0 bridgehead atoms. The van der Waals surface area contributed by atoms with Gasteiger partial charge in [0.25, 0.3) is 0 Å². The van der Waals surface area contributed by atoms with E-state index in [1.165, 1.54) is 6.92 Å². The van der Waals surface area contributed by atoms with E-state index in [0.29, 0.717) is 6.04 Å². The van der Waals surface area contributed by atoms with E-state index >= 15 is 0 Å². The Morgan fingerprint density at radius 3 is 2.53 bits per heavy atom. The van der Waals surface area contributed by atoms with Crippen molar-refractivity contribution in [2.24, 2.45) is 0 Å². The van der Waals surface area contributed by atoms with Gasteiger partial charge in [-0.3, -0.25) is 9.59 Å². The molecule has 98 valence electrons. The number of carbonyl (C=O) groups is 2.